The molecule has 0 atom stereocenters. The van der Waals surface area contributed by atoms with Crippen molar-refractivity contribution in [1.29, 1.82) is 0 Å². The summed E-state index contributed by atoms with van der Waals surface area (Å²) in [5.41, 5.74) is 5.18. The summed E-state index contributed by atoms with van der Waals surface area (Å²) in [5.74, 6) is -1.25. The van der Waals surface area contributed by atoms with E-state index in [-0.39, 0.29) is 18.2 Å². The molecular weight excluding hydrogens is 184 g/mol. The number of rotatable bonds is 4. The number of nitrogens with two attached hydrogens (primary N) is 1. The van der Waals surface area contributed by atoms with Gasteiger partial charge in [-0.25, -0.2) is 0 Å². The van der Waals surface area contributed by atoms with Gasteiger partial charge in [-0.15, -0.1) is 0 Å². The Balaban J connectivity index is 2.22. The molecule has 1 aliphatic heterocycles. The van der Waals surface area contributed by atoms with Gasteiger partial charge in [0.2, 0.25) is 5.91 Å². The van der Waals surface area contributed by atoms with E-state index in [1.165, 1.54) is 4.90 Å². The summed E-state index contributed by atoms with van der Waals surface area (Å²) < 4.78 is 0. The topological polar surface area (TPSA) is 87.7 Å². The zero-order chi connectivity index (χ0) is 10.6. The summed E-state index contributed by atoms with van der Waals surface area (Å²) in [5, 5.41) is 10.2. The molecule has 1 fully saturated rings. The summed E-state index contributed by atoms with van der Waals surface area (Å²) in [7, 11) is 0. The third kappa shape index (κ3) is 3.33. The number of likely N-dealkylation sites (tertiary alicyclic amines) is 1. The fraction of sp³-hybridized carbons (Fsp3) is 0.778. The van der Waals surface area contributed by atoms with Gasteiger partial charge in [0, 0.05) is 31.1 Å². The molecule has 1 amide bonds. The van der Waals surface area contributed by atoms with Crippen molar-refractivity contribution in [3.63, 3.8) is 0 Å². The number of carboxylic acid groups (broad SMARTS) is 1. The summed E-state index contributed by atoms with van der Waals surface area (Å²) >= 11 is 0. The van der Waals surface area contributed by atoms with E-state index in [4.69, 9.17) is 5.73 Å². The third-order valence-electron chi connectivity index (χ3n) is 2.78. The van der Waals surface area contributed by atoms with Crippen molar-refractivity contribution in [2.24, 2.45) is 11.7 Å². The minimum atomic E-state index is -1.01. The summed E-state index contributed by atoms with van der Waals surface area (Å²) in [6.45, 7) is 2.26. The molecule has 0 aliphatic carbocycles. The van der Waals surface area contributed by atoms with Crippen LogP contribution in [0.4, 0.5) is 0 Å². The second-order valence-electron chi connectivity index (χ2n) is 3.80. The molecule has 0 aromatic rings. The maximum atomic E-state index is 10.8. The number of carbonyl (C=O) groups excluding carboxylic acids is 2. The Bertz CT molecular complexity index is 222. The lowest BCUT2D eigenvalue weighted by atomic mass is 9.96. The number of hydrogen-bond acceptors (Lipinski definition) is 3. The Labute approximate surface area is 82.9 Å². The summed E-state index contributed by atoms with van der Waals surface area (Å²) in [4.78, 5) is 22.3. The number of quaternary nitrogens is 1. The van der Waals surface area contributed by atoms with Gasteiger partial charge in [-0.1, -0.05) is 0 Å². The Kier molecular flexibility index (Phi) is 3.88. The molecule has 1 rings (SSSR count). The standard InChI is InChI=1S/C9H16N2O3/c10-9(14)7-1-4-11(5-2-7)6-3-8(12)13/h7H,1-6H2,(H2,10,14)(H,12,13). The van der Waals surface area contributed by atoms with Gasteiger partial charge in [0.05, 0.1) is 19.6 Å². The fourth-order valence-corrected chi connectivity index (χ4v) is 1.84. The number of piperidine rings is 1. The molecule has 0 unspecified atom stereocenters. The van der Waals surface area contributed by atoms with Gasteiger partial charge in [-0.2, -0.15) is 0 Å². The lowest BCUT2D eigenvalue weighted by Gasteiger charge is -2.27. The highest BCUT2D eigenvalue weighted by Crippen LogP contribution is 2.07. The van der Waals surface area contributed by atoms with Crippen LogP contribution in [-0.2, 0) is 9.59 Å². The van der Waals surface area contributed by atoms with Crippen LogP contribution >= 0.6 is 0 Å². The lowest BCUT2D eigenvalue weighted by molar-refractivity contribution is -0.905. The summed E-state index contributed by atoms with van der Waals surface area (Å²) in [6, 6.07) is 0. The van der Waals surface area contributed by atoms with Crippen molar-refractivity contribution in [3.8, 4) is 0 Å². The quantitative estimate of drug-likeness (QED) is 0.504. The molecule has 0 bridgehead atoms. The average Bonchev–Trinajstić information content (AvgIpc) is 2.15. The second kappa shape index (κ2) is 4.95. The largest absolute Gasteiger partial charge is 0.550 e. The van der Waals surface area contributed by atoms with Gasteiger partial charge in [0.25, 0.3) is 0 Å². The number of amides is 1. The van der Waals surface area contributed by atoms with Gasteiger partial charge in [-0.3, -0.25) is 4.79 Å². The zero-order valence-electron chi connectivity index (χ0n) is 8.12. The fourth-order valence-electron chi connectivity index (χ4n) is 1.84. The van der Waals surface area contributed by atoms with Crippen molar-refractivity contribution in [2.45, 2.75) is 19.3 Å². The first kappa shape index (κ1) is 11.0. The van der Waals surface area contributed by atoms with Crippen LogP contribution in [0.15, 0.2) is 0 Å². The van der Waals surface area contributed by atoms with Crippen LogP contribution in [0.2, 0.25) is 0 Å². The first-order valence-electron chi connectivity index (χ1n) is 4.92. The first-order valence-corrected chi connectivity index (χ1v) is 4.92. The molecule has 1 aliphatic rings. The van der Waals surface area contributed by atoms with Gasteiger partial charge in [0.15, 0.2) is 0 Å². The van der Waals surface area contributed by atoms with Gasteiger partial charge < -0.3 is 20.5 Å². The normalized spacial score (nSPS) is 27.1. The Hall–Kier alpha value is -1.10. The van der Waals surface area contributed by atoms with Crippen molar-refractivity contribution in [3.05, 3.63) is 0 Å². The van der Waals surface area contributed by atoms with Crippen LogP contribution in [0, 0.1) is 5.92 Å². The SMILES string of the molecule is NC(=O)C1CC[NH+](CCC(=O)[O-])CC1. The number of primary amides is 1. The molecular formula is C9H16N2O3. The van der Waals surface area contributed by atoms with E-state index in [9.17, 15) is 14.7 Å². The number of aliphatic carboxylic acids is 1. The molecule has 1 heterocycles. The number of hydrogen-bond donors (Lipinski definition) is 2. The van der Waals surface area contributed by atoms with Crippen molar-refractivity contribution in [1.82, 2.24) is 0 Å². The molecule has 3 N–H and O–H groups in total. The van der Waals surface area contributed by atoms with E-state index < -0.39 is 5.97 Å². The number of nitrogens with one attached hydrogen (secondary N) is 1. The minimum Gasteiger partial charge on any atom is -0.550 e. The predicted molar refractivity (Wildman–Crippen MR) is 47.1 cm³/mol. The monoisotopic (exact) mass is 200 g/mol. The molecule has 80 valence electrons. The molecule has 5 heteroatoms. The first-order chi connectivity index (χ1) is 6.59. The highest BCUT2D eigenvalue weighted by atomic mass is 16.4. The van der Waals surface area contributed by atoms with E-state index >= 15 is 0 Å². The predicted octanol–water partition coefficient (Wildman–Crippen LogP) is -3.09. The van der Waals surface area contributed by atoms with Crippen LogP contribution < -0.4 is 15.7 Å². The maximum Gasteiger partial charge on any atom is 0.220 e. The zero-order valence-corrected chi connectivity index (χ0v) is 8.12. The van der Waals surface area contributed by atoms with Crippen molar-refractivity contribution < 1.29 is 19.6 Å². The van der Waals surface area contributed by atoms with Gasteiger partial charge >= 0.3 is 0 Å². The van der Waals surface area contributed by atoms with E-state index in [0.29, 0.717) is 6.54 Å². The molecule has 0 aromatic heterocycles. The lowest BCUT2D eigenvalue weighted by Crippen LogP contribution is -3.13. The van der Waals surface area contributed by atoms with Gasteiger partial charge in [0.1, 0.15) is 0 Å². The van der Waals surface area contributed by atoms with E-state index in [0.717, 1.165) is 25.9 Å². The highest BCUT2D eigenvalue weighted by Gasteiger charge is 2.25. The van der Waals surface area contributed by atoms with Crippen LogP contribution in [0.25, 0.3) is 0 Å². The average molecular weight is 200 g/mol. The Morgan fingerprint density at radius 1 is 1.36 bits per heavy atom. The maximum absolute atomic E-state index is 10.8. The number of carboxylic acids is 1. The molecule has 5 nitrogen and oxygen atoms in total. The molecule has 0 aromatic carbocycles. The van der Waals surface area contributed by atoms with Crippen LogP contribution in [-0.4, -0.2) is 31.5 Å². The van der Waals surface area contributed by atoms with Crippen LogP contribution in [0.3, 0.4) is 0 Å². The molecule has 14 heavy (non-hydrogen) atoms. The smallest absolute Gasteiger partial charge is 0.220 e. The molecule has 0 spiro atoms. The molecule has 0 radical (unpaired) electrons. The van der Waals surface area contributed by atoms with Crippen molar-refractivity contribution >= 4 is 11.9 Å². The Morgan fingerprint density at radius 3 is 2.36 bits per heavy atom. The Morgan fingerprint density at radius 2 is 1.93 bits per heavy atom. The molecule has 0 saturated carbocycles. The molecule has 1 saturated heterocycles. The van der Waals surface area contributed by atoms with E-state index in [1.54, 1.807) is 0 Å². The van der Waals surface area contributed by atoms with Crippen molar-refractivity contribution in [2.75, 3.05) is 19.6 Å². The van der Waals surface area contributed by atoms with Crippen LogP contribution in [0.1, 0.15) is 19.3 Å². The number of carbonyl (C=O) groups is 2. The van der Waals surface area contributed by atoms with E-state index in [2.05, 4.69) is 0 Å². The van der Waals surface area contributed by atoms with E-state index in [1.807, 2.05) is 0 Å². The second-order valence-corrected chi connectivity index (χ2v) is 3.80. The minimum absolute atomic E-state index is 0.0123. The summed E-state index contributed by atoms with van der Waals surface area (Å²) in [6.07, 6.45) is 1.64. The highest BCUT2D eigenvalue weighted by molar-refractivity contribution is 5.76. The third-order valence-corrected chi connectivity index (χ3v) is 2.78. The van der Waals surface area contributed by atoms with Crippen LogP contribution in [0.5, 0.6) is 0 Å². The van der Waals surface area contributed by atoms with Gasteiger partial charge in [-0.05, 0) is 0 Å².